The van der Waals surface area contributed by atoms with Crippen molar-refractivity contribution >= 4 is 27.5 Å². The molecule has 0 fully saturated rings. The van der Waals surface area contributed by atoms with Crippen LogP contribution in [0.4, 0.5) is 14.5 Å². The summed E-state index contributed by atoms with van der Waals surface area (Å²) in [5.41, 5.74) is 5.45. The van der Waals surface area contributed by atoms with Crippen LogP contribution in [0.25, 0.3) is 0 Å². The average molecular weight is 307 g/mol. The molecule has 1 unspecified atom stereocenters. The smallest absolute Gasteiger partial charge is 0.224 e. The van der Waals surface area contributed by atoms with Crippen LogP contribution in [0.5, 0.6) is 0 Å². The Bertz CT molecular complexity index is 401. The Morgan fingerprint density at radius 2 is 2.18 bits per heavy atom. The Hall–Kier alpha value is -1.01. The molecule has 6 heteroatoms. The molecule has 1 atom stereocenters. The maximum absolute atomic E-state index is 13.4. The molecule has 0 aliphatic carbocycles. The molecule has 17 heavy (non-hydrogen) atoms. The molecule has 0 aliphatic heterocycles. The van der Waals surface area contributed by atoms with Gasteiger partial charge in [-0.3, -0.25) is 4.79 Å². The first kappa shape index (κ1) is 14.1. The number of hydrogen-bond acceptors (Lipinski definition) is 2. The highest BCUT2D eigenvalue weighted by Crippen LogP contribution is 2.26. The predicted molar refractivity (Wildman–Crippen MR) is 65.6 cm³/mol. The lowest BCUT2D eigenvalue weighted by atomic mass is 10.2. The molecule has 3 N–H and O–H groups in total. The molecule has 3 nitrogen and oxygen atoms in total. The lowest BCUT2D eigenvalue weighted by Crippen LogP contribution is -2.20. The van der Waals surface area contributed by atoms with E-state index in [0.29, 0.717) is 12.5 Å². The van der Waals surface area contributed by atoms with Crippen molar-refractivity contribution in [3.05, 3.63) is 28.2 Å². The van der Waals surface area contributed by atoms with Gasteiger partial charge >= 0.3 is 0 Å². The molecule has 94 valence electrons. The first-order chi connectivity index (χ1) is 7.90. The Kier molecular flexibility index (Phi) is 5.02. The quantitative estimate of drug-likeness (QED) is 0.898. The third-order valence-corrected chi connectivity index (χ3v) is 2.72. The number of halogens is 3. The van der Waals surface area contributed by atoms with Crippen molar-refractivity contribution in [1.29, 1.82) is 0 Å². The number of hydrogen-bond donors (Lipinski definition) is 2. The molecule has 0 spiro atoms. The monoisotopic (exact) mass is 306 g/mol. The predicted octanol–water partition coefficient (Wildman–Crippen LogP) is 2.79. The van der Waals surface area contributed by atoms with Gasteiger partial charge < -0.3 is 11.1 Å². The third-order valence-electron chi connectivity index (χ3n) is 2.10. The van der Waals surface area contributed by atoms with E-state index in [1.807, 2.05) is 0 Å². The van der Waals surface area contributed by atoms with Gasteiger partial charge in [-0.15, -0.1) is 0 Å². The summed E-state index contributed by atoms with van der Waals surface area (Å²) in [6.45, 7) is 1.78. The van der Waals surface area contributed by atoms with E-state index < -0.39 is 11.6 Å². The van der Waals surface area contributed by atoms with E-state index in [0.717, 1.165) is 6.07 Å². The van der Waals surface area contributed by atoms with Crippen molar-refractivity contribution in [3.8, 4) is 0 Å². The van der Waals surface area contributed by atoms with Crippen LogP contribution in [0.15, 0.2) is 16.6 Å². The second-order valence-electron chi connectivity index (χ2n) is 3.81. The topological polar surface area (TPSA) is 55.1 Å². The summed E-state index contributed by atoms with van der Waals surface area (Å²) in [6.07, 6.45) is 0.702. The van der Waals surface area contributed by atoms with Crippen LogP contribution in [-0.2, 0) is 4.79 Å². The third kappa shape index (κ3) is 4.40. The summed E-state index contributed by atoms with van der Waals surface area (Å²) >= 11 is 2.99. The normalized spacial score (nSPS) is 12.3. The molecule has 0 bridgehead atoms. The number of nitrogens with one attached hydrogen (secondary N) is 1. The van der Waals surface area contributed by atoms with Gasteiger partial charge in [0.15, 0.2) is 5.82 Å². The van der Waals surface area contributed by atoms with Gasteiger partial charge in [-0.2, -0.15) is 0 Å². The van der Waals surface area contributed by atoms with Gasteiger partial charge in [-0.05, 0) is 35.3 Å². The molecule has 1 rings (SSSR count). The van der Waals surface area contributed by atoms with E-state index in [1.165, 1.54) is 0 Å². The fourth-order valence-electron chi connectivity index (χ4n) is 1.22. The molecule has 1 amide bonds. The summed E-state index contributed by atoms with van der Waals surface area (Å²) in [5.74, 6) is -1.87. The second-order valence-corrected chi connectivity index (χ2v) is 4.66. The maximum Gasteiger partial charge on any atom is 0.224 e. The minimum absolute atomic E-state index is 0.0546. The first-order valence-corrected chi connectivity index (χ1v) is 5.89. The Balaban J connectivity index is 2.72. The van der Waals surface area contributed by atoms with Crippen molar-refractivity contribution in [1.82, 2.24) is 0 Å². The minimum Gasteiger partial charge on any atom is -0.328 e. The van der Waals surface area contributed by atoms with Gasteiger partial charge in [-0.1, -0.05) is 0 Å². The maximum atomic E-state index is 13.4. The van der Waals surface area contributed by atoms with E-state index in [-0.39, 0.29) is 28.5 Å². The fourth-order valence-corrected chi connectivity index (χ4v) is 1.73. The van der Waals surface area contributed by atoms with Crippen molar-refractivity contribution in [2.45, 2.75) is 25.8 Å². The van der Waals surface area contributed by atoms with Crippen molar-refractivity contribution < 1.29 is 13.6 Å². The second kappa shape index (κ2) is 6.07. The Morgan fingerprint density at radius 3 is 2.71 bits per heavy atom. The number of rotatable bonds is 4. The molecule has 1 aromatic carbocycles. The van der Waals surface area contributed by atoms with Crippen LogP contribution in [0.2, 0.25) is 0 Å². The first-order valence-electron chi connectivity index (χ1n) is 5.10. The van der Waals surface area contributed by atoms with Crippen LogP contribution < -0.4 is 11.1 Å². The highest BCUT2D eigenvalue weighted by molar-refractivity contribution is 9.10. The number of anilines is 1. The van der Waals surface area contributed by atoms with E-state index >= 15 is 0 Å². The Labute approximate surface area is 107 Å². The molecule has 0 heterocycles. The van der Waals surface area contributed by atoms with Crippen molar-refractivity contribution in [2.75, 3.05) is 5.32 Å². The molecular weight excluding hydrogens is 294 g/mol. The van der Waals surface area contributed by atoms with Crippen LogP contribution in [-0.4, -0.2) is 11.9 Å². The summed E-state index contributed by atoms with van der Waals surface area (Å²) in [6, 6.07) is 1.71. The number of carbonyl (C=O) groups excluding carboxylic acids is 1. The number of benzene rings is 1. The van der Waals surface area contributed by atoms with Gasteiger partial charge in [0.25, 0.3) is 0 Å². The zero-order valence-corrected chi connectivity index (χ0v) is 10.9. The lowest BCUT2D eigenvalue weighted by Gasteiger charge is -2.09. The Morgan fingerprint density at radius 1 is 1.53 bits per heavy atom. The van der Waals surface area contributed by atoms with Crippen molar-refractivity contribution in [2.24, 2.45) is 5.73 Å². The van der Waals surface area contributed by atoms with Gasteiger partial charge in [0.2, 0.25) is 5.91 Å². The van der Waals surface area contributed by atoms with Crippen LogP contribution >= 0.6 is 15.9 Å². The van der Waals surface area contributed by atoms with Gasteiger partial charge in [-0.25, -0.2) is 8.78 Å². The standard InChI is InChI=1S/C11H13BrF2N2O/c1-6(15)2-3-10(17)16-11-8(12)4-7(13)5-9(11)14/h4-6H,2-3,15H2,1H3,(H,16,17). The van der Waals surface area contributed by atoms with Crippen molar-refractivity contribution in [3.63, 3.8) is 0 Å². The summed E-state index contributed by atoms with van der Waals surface area (Å²) in [5, 5.41) is 2.38. The van der Waals surface area contributed by atoms with Crippen LogP contribution in [0.3, 0.4) is 0 Å². The van der Waals surface area contributed by atoms with Crippen LogP contribution in [0.1, 0.15) is 19.8 Å². The highest BCUT2D eigenvalue weighted by atomic mass is 79.9. The average Bonchev–Trinajstić information content (AvgIpc) is 2.20. The molecule has 0 aromatic heterocycles. The van der Waals surface area contributed by atoms with Gasteiger partial charge in [0.1, 0.15) is 5.82 Å². The lowest BCUT2D eigenvalue weighted by molar-refractivity contribution is -0.116. The molecule has 0 radical (unpaired) electrons. The zero-order valence-electron chi connectivity index (χ0n) is 9.27. The zero-order chi connectivity index (χ0) is 13.0. The molecule has 0 saturated carbocycles. The fraction of sp³-hybridized carbons (Fsp3) is 0.364. The van der Waals surface area contributed by atoms with Gasteiger partial charge in [0.05, 0.1) is 5.69 Å². The van der Waals surface area contributed by atoms with E-state index in [1.54, 1.807) is 6.92 Å². The van der Waals surface area contributed by atoms with Crippen LogP contribution in [0, 0.1) is 11.6 Å². The number of nitrogens with two attached hydrogens (primary N) is 1. The molecule has 0 aliphatic rings. The molecule has 0 saturated heterocycles. The largest absolute Gasteiger partial charge is 0.328 e. The summed E-state index contributed by atoms with van der Waals surface area (Å²) in [4.78, 5) is 11.5. The number of carbonyl (C=O) groups is 1. The number of amides is 1. The van der Waals surface area contributed by atoms with E-state index in [2.05, 4.69) is 21.2 Å². The van der Waals surface area contributed by atoms with E-state index in [9.17, 15) is 13.6 Å². The molecule has 1 aromatic rings. The summed E-state index contributed by atoms with van der Waals surface area (Å²) in [7, 11) is 0. The van der Waals surface area contributed by atoms with Gasteiger partial charge in [0, 0.05) is 23.0 Å². The minimum atomic E-state index is -0.814. The molecular formula is C11H13BrF2N2O. The summed E-state index contributed by atoms with van der Waals surface area (Å²) < 4.78 is 26.3. The SMILES string of the molecule is CC(N)CCC(=O)Nc1c(F)cc(F)cc1Br. The van der Waals surface area contributed by atoms with E-state index in [4.69, 9.17) is 5.73 Å². The highest BCUT2D eigenvalue weighted by Gasteiger charge is 2.12.